The topological polar surface area (TPSA) is 87.7 Å². The van der Waals surface area contributed by atoms with Crippen molar-refractivity contribution in [2.45, 2.75) is 32.4 Å². The highest BCUT2D eigenvalue weighted by molar-refractivity contribution is 5.82. The second kappa shape index (κ2) is 5.69. The molecular weight excluding hydrogens is 212 g/mol. The second-order valence-corrected chi connectivity index (χ2v) is 4.24. The zero-order valence-corrected chi connectivity index (χ0v) is 9.53. The highest BCUT2D eigenvalue weighted by Gasteiger charge is 2.25. The summed E-state index contributed by atoms with van der Waals surface area (Å²) >= 11 is 0. The fourth-order valence-electron chi connectivity index (χ4n) is 1.53. The number of carbonyl (C=O) groups is 2. The van der Waals surface area contributed by atoms with E-state index in [9.17, 15) is 9.59 Å². The van der Waals surface area contributed by atoms with Gasteiger partial charge in [0.2, 0.25) is 0 Å². The van der Waals surface area contributed by atoms with Crippen LogP contribution in [-0.2, 0) is 9.53 Å². The van der Waals surface area contributed by atoms with Crippen LogP contribution in [0.25, 0.3) is 0 Å². The third-order valence-electron chi connectivity index (χ3n) is 2.48. The smallest absolute Gasteiger partial charge is 0.326 e. The average Bonchev–Trinajstić information content (AvgIpc) is 2.65. The van der Waals surface area contributed by atoms with Gasteiger partial charge in [-0.1, -0.05) is 13.8 Å². The molecule has 1 aliphatic heterocycles. The molecule has 6 nitrogen and oxygen atoms in total. The van der Waals surface area contributed by atoms with Gasteiger partial charge in [-0.05, 0) is 12.3 Å². The Morgan fingerprint density at radius 2 is 2.12 bits per heavy atom. The molecule has 3 N–H and O–H groups in total. The lowest BCUT2D eigenvalue weighted by molar-refractivity contribution is -0.140. The Bertz CT molecular complexity index is 262. The lowest BCUT2D eigenvalue weighted by atomic mass is 10.1. The minimum Gasteiger partial charge on any atom is -0.480 e. The Labute approximate surface area is 94.3 Å². The molecule has 2 atom stereocenters. The van der Waals surface area contributed by atoms with Crippen LogP contribution >= 0.6 is 0 Å². The standard InChI is InChI=1S/C10H18N2O4/c1-6(2)8(9(13)14)12-10(15)11-7-3-4-16-5-7/h6-8H,3-5H2,1-2H3,(H,13,14)(H2,11,12,15)/t7?,8-/m0/s1. The van der Waals surface area contributed by atoms with Crippen molar-refractivity contribution in [2.24, 2.45) is 5.92 Å². The van der Waals surface area contributed by atoms with E-state index in [0.717, 1.165) is 6.42 Å². The summed E-state index contributed by atoms with van der Waals surface area (Å²) in [6.07, 6.45) is 0.771. The van der Waals surface area contributed by atoms with Gasteiger partial charge in [0.15, 0.2) is 0 Å². The monoisotopic (exact) mass is 230 g/mol. The SMILES string of the molecule is CC(C)[C@H](NC(=O)NC1CCOC1)C(=O)O. The highest BCUT2D eigenvalue weighted by atomic mass is 16.5. The molecule has 6 heteroatoms. The minimum absolute atomic E-state index is 0.0124. The van der Waals surface area contributed by atoms with Gasteiger partial charge < -0.3 is 20.5 Å². The maximum atomic E-state index is 11.5. The van der Waals surface area contributed by atoms with E-state index in [1.54, 1.807) is 13.8 Å². The molecule has 2 amide bonds. The van der Waals surface area contributed by atoms with Crippen molar-refractivity contribution in [3.8, 4) is 0 Å². The Kier molecular flexibility index (Phi) is 4.54. The first-order valence-electron chi connectivity index (χ1n) is 5.38. The highest BCUT2D eigenvalue weighted by Crippen LogP contribution is 2.04. The van der Waals surface area contributed by atoms with E-state index in [-0.39, 0.29) is 12.0 Å². The van der Waals surface area contributed by atoms with Crippen molar-refractivity contribution >= 4 is 12.0 Å². The van der Waals surface area contributed by atoms with E-state index < -0.39 is 18.0 Å². The number of amides is 2. The third kappa shape index (κ3) is 3.69. The largest absolute Gasteiger partial charge is 0.480 e. The van der Waals surface area contributed by atoms with Gasteiger partial charge in [0.1, 0.15) is 6.04 Å². The minimum atomic E-state index is -1.02. The summed E-state index contributed by atoms with van der Waals surface area (Å²) in [4.78, 5) is 22.3. The number of hydrogen-bond donors (Lipinski definition) is 3. The second-order valence-electron chi connectivity index (χ2n) is 4.24. The number of nitrogens with one attached hydrogen (secondary N) is 2. The van der Waals surface area contributed by atoms with E-state index in [2.05, 4.69) is 10.6 Å². The van der Waals surface area contributed by atoms with E-state index in [0.29, 0.717) is 13.2 Å². The van der Waals surface area contributed by atoms with Crippen LogP contribution in [0.3, 0.4) is 0 Å². The van der Waals surface area contributed by atoms with Crippen LogP contribution in [0, 0.1) is 5.92 Å². The van der Waals surface area contributed by atoms with Gasteiger partial charge in [0.25, 0.3) is 0 Å². The molecule has 0 radical (unpaired) electrons. The predicted octanol–water partition coefficient (Wildman–Crippen LogP) is 0.184. The van der Waals surface area contributed by atoms with E-state index in [1.165, 1.54) is 0 Å². The summed E-state index contributed by atoms with van der Waals surface area (Å²) in [5, 5.41) is 14.0. The Morgan fingerprint density at radius 3 is 2.56 bits per heavy atom. The molecular formula is C10H18N2O4. The van der Waals surface area contributed by atoms with Crippen molar-refractivity contribution < 1.29 is 19.4 Å². The zero-order valence-electron chi connectivity index (χ0n) is 9.53. The van der Waals surface area contributed by atoms with Crippen LogP contribution in [0.15, 0.2) is 0 Å². The maximum Gasteiger partial charge on any atom is 0.326 e. The van der Waals surface area contributed by atoms with Crippen molar-refractivity contribution in [1.82, 2.24) is 10.6 Å². The van der Waals surface area contributed by atoms with Gasteiger partial charge in [-0.25, -0.2) is 9.59 Å². The summed E-state index contributed by atoms with van der Waals surface area (Å²) < 4.78 is 5.10. The van der Waals surface area contributed by atoms with Crippen molar-refractivity contribution in [3.05, 3.63) is 0 Å². The molecule has 1 unspecified atom stereocenters. The number of urea groups is 1. The van der Waals surface area contributed by atoms with Gasteiger partial charge in [-0.2, -0.15) is 0 Å². The summed E-state index contributed by atoms with van der Waals surface area (Å²) in [5.41, 5.74) is 0. The Hall–Kier alpha value is -1.30. The lowest BCUT2D eigenvalue weighted by Crippen LogP contribution is -2.51. The Balaban J connectivity index is 2.38. The first-order valence-corrected chi connectivity index (χ1v) is 5.38. The summed E-state index contributed by atoms with van der Waals surface area (Å²) in [6.45, 7) is 4.62. The number of aliphatic carboxylic acids is 1. The van der Waals surface area contributed by atoms with Crippen molar-refractivity contribution in [2.75, 3.05) is 13.2 Å². The van der Waals surface area contributed by atoms with Crippen LogP contribution in [0.4, 0.5) is 4.79 Å². The first-order chi connectivity index (χ1) is 7.50. The maximum absolute atomic E-state index is 11.5. The van der Waals surface area contributed by atoms with Crippen molar-refractivity contribution in [3.63, 3.8) is 0 Å². The molecule has 92 valence electrons. The summed E-state index contributed by atoms with van der Waals surface area (Å²) in [6, 6.07) is -1.32. The molecule has 0 aliphatic carbocycles. The fourth-order valence-corrected chi connectivity index (χ4v) is 1.53. The van der Waals surface area contributed by atoms with Gasteiger partial charge in [-0.3, -0.25) is 0 Å². The number of carbonyl (C=O) groups excluding carboxylic acids is 1. The molecule has 1 fully saturated rings. The average molecular weight is 230 g/mol. The van der Waals surface area contributed by atoms with Crippen LogP contribution in [0.5, 0.6) is 0 Å². The number of carboxylic acids is 1. The molecule has 0 aromatic heterocycles. The molecule has 0 spiro atoms. The van der Waals surface area contributed by atoms with Crippen LogP contribution in [-0.4, -0.2) is 42.4 Å². The quantitative estimate of drug-likeness (QED) is 0.643. The normalized spacial score (nSPS) is 21.8. The predicted molar refractivity (Wildman–Crippen MR) is 57.2 cm³/mol. The van der Waals surface area contributed by atoms with Gasteiger partial charge in [-0.15, -0.1) is 0 Å². The van der Waals surface area contributed by atoms with Gasteiger partial charge >= 0.3 is 12.0 Å². The van der Waals surface area contributed by atoms with Crippen LogP contribution < -0.4 is 10.6 Å². The first kappa shape index (κ1) is 12.8. The number of rotatable bonds is 4. The summed E-state index contributed by atoms with van der Waals surface area (Å²) in [5.74, 6) is -1.17. The van der Waals surface area contributed by atoms with Crippen LogP contribution in [0.1, 0.15) is 20.3 Å². The van der Waals surface area contributed by atoms with E-state index in [1.807, 2.05) is 0 Å². The fraction of sp³-hybridized carbons (Fsp3) is 0.800. The van der Waals surface area contributed by atoms with Crippen LogP contribution in [0.2, 0.25) is 0 Å². The molecule has 1 aliphatic rings. The molecule has 1 heterocycles. The zero-order chi connectivity index (χ0) is 12.1. The van der Waals surface area contributed by atoms with Gasteiger partial charge in [0.05, 0.1) is 12.6 Å². The molecule has 0 saturated carbocycles. The molecule has 0 aromatic carbocycles. The number of hydrogen-bond acceptors (Lipinski definition) is 3. The van der Waals surface area contributed by atoms with E-state index in [4.69, 9.17) is 9.84 Å². The van der Waals surface area contributed by atoms with E-state index >= 15 is 0 Å². The molecule has 1 rings (SSSR count). The molecule has 1 saturated heterocycles. The molecule has 16 heavy (non-hydrogen) atoms. The molecule has 0 aromatic rings. The molecule has 0 bridgehead atoms. The van der Waals surface area contributed by atoms with Crippen molar-refractivity contribution in [1.29, 1.82) is 0 Å². The number of carboxylic acid groups (broad SMARTS) is 1. The summed E-state index contributed by atoms with van der Waals surface area (Å²) in [7, 11) is 0. The lowest BCUT2D eigenvalue weighted by Gasteiger charge is -2.19. The van der Waals surface area contributed by atoms with Gasteiger partial charge in [0, 0.05) is 6.61 Å². The third-order valence-corrected chi connectivity index (χ3v) is 2.48. The number of ether oxygens (including phenoxy) is 1. The Morgan fingerprint density at radius 1 is 1.44 bits per heavy atom.